The van der Waals surface area contributed by atoms with Crippen molar-refractivity contribution in [2.45, 2.75) is 40.2 Å². The molecule has 0 aliphatic carbocycles. The maximum absolute atomic E-state index is 13.4. The van der Waals surface area contributed by atoms with Crippen molar-refractivity contribution < 1.29 is 4.39 Å². The predicted octanol–water partition coefficient (Wildman–Crippen LogP) is 4.22. The molecule has 0 saturated heterocycles. The van der Waals surface area contributed by atoms with Crippen LogP contribution in [0.1, 0.15) is 42.8 Å². The number of hydrogen-bond acceptors (Lipinski definition) is 2. The molecule has 0 fully saturated rings. The highest BCUT2D eigenvalue weighted by atomic mass is 19.1. The first-order valence-electron chi connectivity index (χ1n) is 9.14. The van der Waals surface area contributed by atoms with Crippen LogP contribution >= 0.6 is 0 Å². The molecule has 1 aliphatic heterocycles. The van der Waals surface area contributed by atoms with E-state index >= 15 is 0 Å². The summed E-state index contributed by atoms with van der Waals surface area (Å²) >= 11 is 0. The van der Waals surface area contributed by atoms with E-state index in [1.807, 2.05) is 16.7 Å². The zero-order valence-electron chi connectivity index (χ0n) is 15.8. The summed E-state index contributed by atoms with van der Waals surface area (Å²) in [6, 6.07) is 10.3. The first kappa shape index (κ1) is 17.5. The van der Waals surface area contributed by atoms with Gasteiger partial charge < -0.3 is 0 Å². The smallest absolute Gasteiger partial charge is 0.261 e. The third kappa shape index (κ3) is 3.38. The summed E-state index contributed by atoms with van der Waals surface area (Å²) < 4.78 is 15.2. The van der Waals surface area contributed by atoms with Crippen molar-refractivity contribution in [2.24, 2.45) is 5.41 Å². The molecule has 0 atom stereocenters. The van der Waals surface area contributed by atoms with Gasteiger partial charge in [-0.2, -0.15) is 0 Å². The molecular weight excluding hydrogens is 339 g/mol. The van der Waals surface area contributed by atoms with E-state index in [2.05, 4.69) is 25.7 Å². The number of nitrogens with zero attached hydrogens (tertiary/aromatic N) is 2. The summed E-state index contributed by atoms with van der Waals surface area (Å²) in [5, 5.41) is 0.625. The lowest BCUT2D eigenvalue weighted by molar-refractivity contribution is 0.240. The second-order valence-corrected chi connectivity index (χ2v) is 8.03. The van der Waals surface area contributed by atoms with Gasteiger partial charge in [-0.05, 0) is 60.7 Å². The van der Waals surface area contributed by atoms with Crippen LogP contribution in [-0.4, -0.2) is 9.55 Å². The van der Waals surface area contributed by atoms with Crippen LogP contribution in [0.15, 0.2) is 41.2 Å². The quantitative estimate of drug-likeness (QED) is 0.563. The highest BCUT2D eigenvalue weighted by molar-refractivity contribution is 5.79. The molecule has 3 aromatic rings. The third-order valence-electron chi connectivity index (χ3n) is 5.16. The second-order valence-electron chi connectivity index (χ2n) is 8.03. The summed E-state index contributed by atoms with van der Waals surface area (Å²) in [5.74, 6) is 6.77. The minimum Gasteiger partial charge on any atom is -0.296 e. The fraction of sp³-hybridized carbons (Fsp3) is 0.304. The Morgan fingerprint density at radius 3 is 2.56 bits per heavy atom. The molecule has 4 heteroatoms. The Balaban J connectivity index is 1.75. The van der Waals surface area contributed by atoms with E-state index in [0.717, 1.165) is 29.8 Å². The van der Waals surface area contributed by atoms with E-state index in [9.17, 15) is 9.18 Å². The fourth-order valence-electron chi connectivity index (χ4n) is 3.52. The van der Waals surface area contributed by atoms with Crippen LogP contribution in [0, 0.1) is 30.0 Å². The van der Waals surface area contributed by atoms with Gasteiger partial charge in [-0.15, -0.1) is 0 Å². The van der Waals surface area contributed by atoms with Gasteiger partial charge in [0.2, 0.25) is 0 Å². The maximum Gasteiger partial charge on any atom is 0.261 e. The molecule has 0 amide bonds. The first-order valence-corrected chi connectivity index (χ1v) is 9.14. The number of hydrogen-bond donors (Lipinski definition) is 0. The van der Waals surface area contributed by atoms with Crippen molar-refractivity contribution in [3.05, 3.63) is 75.1 Å². The summed E-state index contributed by atoms with van der Waals surface area (Å²) in [7, 11) is 0. The van der Waals surface area contributed by atoms with Gasteiger partial charge in [0.1, 0.15) is 11.6 Å². The van der Waals surface area contributed by atoms with Crippen LogP contribution in [-0.2, 0) is 13.0 Å². The Bertz CT molecular complexity index is 1180. The number of rotatable bonds is 0. The maximum atomic E-state index is 13.4. The van der Waals surface area contributed by atoms with E-state index in [0.29, 0.717) is 23.0 Å². The highest BCUT2D eigenvalue weighted by Crippen LogP contribution is 2.29. The van der Waals surface area contributed by atoms with E-state index in [1.165, 1.54) is 6.07 Å². The second kappa shape index (κ2) is 6.35. The molecule has 0 radical (unpaired) electrons. The number of aromatic nitrogens is 2. The first-order chi connectivity index (χ1) is 12.8. The summed E-state index contributed by atoms with van der Waals surface area (Å²) in [6.07, 6.45) is 1.83. The minimum atomic E-state index is -0.233. The van der Waals surface area contributed by atoms with E-state index in [1.54, 1.807) is 25.1 Å². The van der Waals surface area contributed by atoms with Crippen LogP contribution in [0.4, 0.5) is 4.39 Å². The molecule has 0 saturated carbocycles. The minimum absolute atomic E-state index is 0.0245. The van der Waals surface area contributed by atoms with Gasteiger partial charge in [-0.25, -0.2) is 9.37 Å². The van der Waals surface area contributed by atoms with Crippen molar-refractivity contribution in [3.63, 3.8) is 0 Å². The highest BCUT2D eigenvalue weighted by Gasteiger charge is 2.27. The van der Waals surface area contributed by atoms with Gasteiger partial charge >= 0.3 is 0 Å². The molecule has 0 bridgehead atoms. The predicted molar refractivity (Wildman–Crippen MR) is 105 cm³/mol. The Labute approximate surface area is 157 Å². The van der Waals surface area contributed by atoms with Gasteiger partial charge in [0.05, 0.1) is 10.9 Å². The molecular formula is C23H21FN2O. The molecule has 1 aliphatic rings. The summed E-state index contributed by atoms with van der Waals surface area (Å²) in [4.78, 5) is 17.6. The standard InChI is InChI=1S/C23H21FN2O/c1-15-12-16(7-9-19(15)24)4-5-17-6-8-18-20(13-17)25-21-10-11-23(2,3)14-26(21)22(18)27/h6-9,12-13H,10-11,14H2,1-3H3. The molecule has 136 valence electrons. The van der Waals surface area contributed by atoms with Crippen LogP contribution in [0.25, 0.3) is 10.9 Å². The molecule has 2 heterocycles. The Kier molecular flexibility index (Phi) is 4.11. The van der Waals surface area contributed by atoms with Crippen LogP contribution in [0.5, 0.6) is 0 Å². The van der Waals surface area contributed by atoms with Gasteiger partial charge in [0.15, 0.2) is 0 Å². The topological polar surface area (TPSA) is 34.9 Å². The lowest BCUT2D eigenvalue weighted by Crippen LogP contribution is -2.36. The van der Waals surface area contributed by atoms with Crippen molar-refractivity contribution >= 4 is 10.9 Å². The Hall–Kier alpha value is -2.93. The van der Waals surface area contributed by atoms with Gasteiger partial charge in [0.25, 0.3) is 5.56 Å². The van der Waals surface area contributed by atoms with E-state index in [-0.39, 0.29) is 16.8 Å². The average molecular weight is 360 g/mol. The zero-order chi connectivity index (χ0) is 19.2. The molecule has 2 aromatic carbocycles. The van der Waals surface area contributed by atoms with E-state index < -0.39 is 0 Å². The summed E-state index contributed by atoms with van der Waals surface area (Å²) in [5.41, 5.74) is 2.95. The molecule has 27 heavy (non-hydrogen) atoms. The number of halogens is 1. The average Bonchev–Trinajstić information content (AvgIpc) is 2.63. The molecule has 4 rings (SSSR count). The zero-order valence-corrected chi connectivity index (χ0v) is 15.8. The number of aryl methyl sites for hydroxylation is 2. The third-order valence-corrected chi connectivity index (χ3v) is 5.16. The Morgan fingerprint density at radius 2 is 1.81 bits per heavy atom. The number of benzene rings is 2. The largest absolute Gasteiger partial charge is 0.296 e. The lowest BCUT2D eigenvalue weighted by atomic mass is 9.85. The van der Waals surface area contributed by atoms with E-state index in [4.69, 9.17) is 4.98 Å². The van der Waals surface area contributed by atoms with Crippen molar-refractivity contribution in [3.8, 4) is 11.8 Å². The Morgan fingerprint density at radius 1 is 1.11 bits per heavy atom. The SMILES string of the molecule is Cc1cc(C#Cc2ccc3c(=O)n4c(nc3c2)CCC(C)(C)C4)ccc1F. The summed E-state index contributed by atoms with van der Waals surface area (Å²) in [6.45, 7) is 6.79. The van der Waals surface area contributed by atoms with Crippen molar-refractivity contribution in [2.75, 3.05) is 0 Å². The van der Waals surface area contributed by atoms with Gasteiger partial charge in [0, 0.05) is 24.1 Å². The van der Waals surface area contributed by atoms with Crippen molar-refractivity contribution in [1.29, 1.82) is 0 Å². The van der Waals surface area contributed by atoms with Crippen molar-refractivity contribution in [1.82, 2.24) is 9.55 Å². The molecule has 3 nitrogen and oxygen atoms in total. The lowest BCUT2D eigenvalue weighted by Gasteiger charge is -2.31. The van der Waals surface area contributed by atoms with Crippen LogP contribution in [0.3, 0.4) is 0 Å². The van der Waals surface area contributed by atoms with Crippen LogP contribution in [0.2, 0.25) is 0 Å². The van der Waals surface area contributed by atoms with Gasteiger partial charge in [-0.1, -0.05) is 25.7 Å². The number of fused-ring (bicyclic) bond motifs is 2. The normalized spacial score (nSPS) is 15.1. The monoisotopic (exact) mass is 360 g/mol. The van der Waals surface area contributed by atoms with Gasteiger partial charge in [-0.3, -0.25) is 9.36 Å². The molecule has 0 spiro atoms. The molecule has 1 aromatic heterocycles. The van der Waals surface area contributed by atoms with Crippen LogP contribution < -0.4 is 5.56 Å². The fourth-order valence-corrected chi connectivity index (χ4v) is 3.52. The molecule has 0 unspecified atom stereocenters. The molecule has 0 N–H and O–H groups in total.